The van der Waals surface area contributed by atoms with Crippen LogP contribution >= 0.6 is 0 Å². The van der Waals surface area contributed by atoms with Crippen LogP contribution in [0.2, 0.25) is 0 Å². The third-order valence-corrected chi connectivity index (χ3v) is 5.53. The number of fused-ring (bicyclic) bond motifs is 4. The normalized spacial score (nSPS) is 24.3. The van der Waals surface area contributed by atoms with Crippen LogP contribution in [0.4, 0.5) is 10.5 Å². The SMILES string of the molecule is CCOc1ccc(N2CC3CC(C)(C)C2CCN3C(=O)NCCO)cn1. The van der Waals surface area contributed by atoms with E-state index in [2.05, 4.69) is 35.1 Å². The zero-order valence-corrected chi connectivity index (χ0v) is 15.9. The molecule has 2 atom stereocenters. The second kappa shape index (κ2) is 7.70. The number of ether oxygens (including phenoxy) is 1. The molecule has 0 spiro atoms. The fourth-order valence-corrected chi connectivity index (χ4v) is 4.38. The fourth-order valence-electron chi connectivity index (χ4n) is 4.38. The number of anilines is 1. The molecular weight excluding hydrogens is 332 g/mol. The van der Waals surface area contributed by atoms with Crippen molar-refractivity contribution in [3.63, 3.8) is 0 Å². The number of urea groups is 1. The van der Waals surface area contributed by atoms with Gasteiger partial charge in [-0.05, 0) is 31.2 Å². The van der Waals surface area contributed by atoms with Crippen molar-refractivity contribution in [1.82, 2.24) is 15.2 Å². The number of aliphatic hydroxyl groups is 1. The molecule has 0 aromatic carbocycles. The van der Waals surface area contributed by atoms with Crippen molar-refractivity contribution >= 4 is 11.7 Å². The smallest absolute Gasteiger partial charge is 0.317 e. The minimum Gasteiger partial charge on any atom is -0.478 e. The first kappa shape index (κ1) is 18.8. The number of pyridine rings is 1. The molecule has 3 fully saturated rings. The number of nitrogens with zero attached hydrogens (tertiary/aromatic N) is 3. The highest BCUT2D eigenvalue weighted by atomic mass is 16.5. The van der Waals surface area contributed by atoms with Crippen molar-refractivity contribution in [2.75, 3.05) is 37.7 Å². The number of amides is 2. The number of carbonyl (C=O) groups is 1. The summed E-state index contributed by atoms with van der Waals surface area (Å²) in [6.45, 7) is 8.91. The third-order valence-electron chi connectivity index (χ3n) is 5.53. The number of aromatic nitrogens is 1. The molecular formula is C19H30N4O3. The van der Waals surface area contributed by atoms with Gasteiger partial charge >= 0.3 is 6.03 Å². The van der Waals surface area contributed by atoms with Gasteiger partial charge in [-0.15, -0.1) is 0 Å². The first-order valence-corrected chi connectivity index (χ1v) is 9.47. The van der Waals surface area contributed by atoms with E-state index in [0.29, 0.717) is 25.1 Å². The Morgan fingerprint density at radius 1 is 1.46 bits per heavy atom. The van der Waals surface area contributed by atoms with Gasteiger partial charge < -0.3 is 25.0 Å². The van der Waals surface area contributed by atoms with Crippen LogP contribution in [0.15, 0.2) is 18.3 Å². The summed E-state index contributed by atoms with van der Waals surface area (Å²) < 4.78 is 5.45. The zero-order valence-electron chi connectivity index (χ0n) is 15.9. The van der Waals surface area contributed by atoms with Crippen LogP contribution in [0.1, 0.15) is 33.6 Å². The monoisotopic (exact) mass is 362 g/mol. The van der Waals surface area contributed by atoms with Crippen molar-refractivity contribution in [2.45, 2.75) is 45.7 Å². The van der Waals surface area contributed by atoms with Gasteiger partial charge in [0.1, 0.15) is 0 Å². The molecule has 7 heteroatoms. The number of rotatable bonds is 5. The number of piperidine rings is 1. The third kappa shape index (κ3) is 3.72. The molecule has 1 aromatic rings. The van der Waals surface area contributed by atoms with Crippen LogP contribution in [0.3, 0.4) is 0 Å². The second-order valence-corrected chi connectivity index (χ2v) is 7.74. The molecule has 3 aliphatic heterocycles. The van der Waals surface area contributed by atoms with Crippen molar-refractivity contribution in [2.24, 2.45) is 5.41 Å². The topological polar surface area (TPSA) is 77.9 Å². The minimum absolute atomic E-state index is 0.0393. The van der Waals surface area contributed by atoms with Crippen molar-refractivity contribution in [3.05, 3.63) is 18.3 Å². The second-order valence-electron chi connectivity index (χ2n) is 7.74. The Bertz CT molecular complexity index is 620. The fraction of sp³-hybridized carbons (Fsp3) is 0.684. The minimum atomic E-state index is -0.0767. The molecule has 0 saturated carbocycles. The van der Waals surface area contributed by atoms with Gasteiger partial charge in [0.05, 0.1) is 31.1 Å². The Morgan fingerprint density at radius 3 is 2.92 bits per heavy atom. The molecule has 144 valence electrons. The molecule has 3 saturated heterocycles. The Hall–Kier alpha value is -2.02. The van der Waals surface area contributed by atoms with Crippen LogP contribution in [-0.2, 0) is 0 Å². The molecule has 0 radical (unpaired) electrons. The Labute approximate surface area is 155 Å². The van der Waals surface area contributed by atoms with Gasteiger partial charge in [0.25, 0.3) is 0 Å². The molecule has 26 heavy (non-hydrogen) atoms. The summed E-state index contributed by atoms with van der Waals surface area (Å²) in [4.78, 5) is 21.3. The van der Waals surface area contributed by atoms with Gasteiger partial charge in [0, 0.05) is 31.7 Å². The van der Waals surface area contributed by atoms with E-state index in [1.54, 1.807) is 0 Å². The van der Waals surface area contributed by atoms with Gasteiger partial charge in [-0.3, -0.25) is 0 Å². The largest absolute Gasteiger partial charge is 0.478 e. The maximum atomic E-state index is 12.5. The van der Waals surface area contributed by atoms with E-state index in [1.807, 2.05) is 24.1 Å². The predicted octanol–water partition coefficient (Wildman–Crippen LogP) is 1.86. The number of hydrogen-bond donors (Lipinski definition) is 2. The molecule has 4 heterocycles. The number of nitrogens with one attached hydrogen (secondary N) is 1. The molecule has 2 N–H and O–H groups in total. The van der Waals surface area contributed by atoms with E-state index in [1.165, 1.54) is 0 Å². The highest BCUT2D eigenvalue weighted by Gasteiger charge is 2.47. The Kier molecular flexibility index (Phi) is 5.55. The van der Waals surface area contributed by atoms with Crippen molar-refractivity contribution in [3.8, 4) is 5.88 Å². The number of carbonyl (C=O) groups excluding carboxylic acids is 1. The van der Waals surface area contributed by atoms with E-state index in [-0.39, 0.29) is 24.1 Å². The molecule has 2 bridgehead atoms. The van der Waals surface area contributed by atoms with Gasteiger partial charge in [-0.1, -0.05) is 13.8 Å². The van der Waals surface area contributed by atoms with Crippen LogP contribution in [0, 0.1) is 5.41 Å². The first-order chi connectivity index (χ1) is 12.5. The van der Waals surface area contributed by atoms with Crippen molar-refractivity contribution in [1.29, 1.82) is 0 Å². The average molecular weight is 362 g/mol. The van der Waals surface area contributed by atoms with E-state index < -0.39 is 0 Å². The highest BCUT2D eigenvalue weighted by molar-refractivity contribution is 5.75. The maximum Gasteiger partial charge on any atom is 0.317 e. The van der Waals surface area contributed by atoms with Crippen LogP contribution < -0.4 is 15.0 Å². The molecule has 2 unspecified atom stereocenters. The van der Waals surface area contributed by atoms with E-state index in [4.69, 9.17) is 9.84 Å². The summed E-state index contributed by atoms with van der Waals surface area (Å²) in [5, 5.41) is 11.8. The van der Waals surface area contributed by atoms with Crippen molar-refractivity contribution < 1.29 is 14.6 Å². The summed E-state index contributed by atoms with van der Waals surface area (Å²) >= 11 is 0. The summed E-state index contributed by atoms with van der Waals surface area (Å²) in [6.07, 6.45) is 3.77. The molecule has 7 nitrogen and oxygen atoms in total. The van der Waals surface area contributed by atoms with Gasteiger partial charge in [0.2, 0.25) is 5.88 Å². The van der Waals surface area contributed by atoms with E-state index >= 15 is 0 Å². The Morgan fingerprint density at radius 2 is 2.27 bits per heavy atom. The molecule has 1 aromatic heterocycles. The van der Waals surface area contributed by atoms with Crippen LogP contribution in [-0.4, -0.2) is 66.0 Å². The lowest BCUT2D eigenvalue weighted by atomic mass is 9.74. The molecule has 3 aliphatic rings. The first-order valence-electron chi connectivity index (χ1n) is 9.47. The van der Waals surface area contributed by atoms with Gasteiger partial charge in [-0.2, -0.15) is 0 Å². The quantitative estimate of drug-likeness (QED) is 0.836. The predicted molar refractivity (Wildman–Crippen MR) is 101 cm³/mol. The summed E-state index contributed by atoms with van der Waals surface area (Å²) in [7, 11) is 0. The standard InChI is InChI=1S/C19H30N4O3/c1-4-26-17-6-5-14(12-21-17)23-13-15-11-19(2,3)16(23)7-9-22(15)18(25)20-8-10-24/h5-6,12,15-16,24H,4,7-11,13H2,1-3H3,(H,20,25). The lowest BCUT2D eigenvalue weighted by Crippen LogP contribution is -2.57. The van der Waals surface area contributed by atoms with Gasteiger partial charge in [0.15, 0.2) is 0 Å². The number of hydrogen-bond acceptors (Lipinski definition) is 5. The molecule has 2 amide bonds. The van der Waals surface area contributed by atoms with E-state index in [9.17, 15) is 4.79 Å². The van der Waals surface area contributed by atoms with Crippen LogP contribution in [0.25, 0.3) is 0 Å². The highest BCUT2D eigenvalue weighted by Crippen LogP contribution is 2.43. The zero-order chi connectivity index (χ0) is 18.7. The number of aliphatic hydroxyl groups excluding tert-OH is 1. The van der Waals surface area contributed by atoms with Crippen LogP contribution in [0.5, 0.6) is 5.88 Å². The summed E-state index contributed by atoms with van der Waals surface area (Å²) in [5.41, 5.74) is 1.18. The van der Waals surface area contributed by atoms with E-state index in [0.717, 1.165) is 31.6 Å². The Balaban J connectivity index is 1.82. The molecule has 4 rings (SSSR count). The summed E-state index contributed by atoms with van der Waals surface area (Å²) in [6, 6.07) is 4.40. The molecule has 0 aliphatic carbocycles. The lowest BCUT2D eigenvalue weighted by Gasteiger charge is -2.49. The summed E-state index contributed by atoms with van der Waals surface area (Å²) in [5.74, 6) is 0.639. The average Bonchev–Trinajstić information content (AvgIpc) is 2.87. The van der Waals surface area contributed by atoms with Gasteiger partial charge in [-0.25, -0.2) is 9.78 Å². The maximum absolute atomic E-state index is 12.5. The lowest BCUT2D eigenvalue weighted by molar-refractivity contribution is 0.145.